The first-order valence-corrected chi connectivity index (χ1v) is 8.14. The van der Waals surface area contributed by atoms with E-state index in [1.807, 2.05) is 6.07 Å². The first kappa shape index (κ1) is 14.3. The Kier molecular flexibility index (Phi) is 4.15. The normalized spacial score (nSPS) is 11.9. The van der Waals surface area contributed by atoms with Gasteiger partial charge in [-0.2, -0.15) is 4.31 Å². The molecule has 1 aromatic carbocycles. The fourth-order valence-corrected chi connectivity index (χ4v) is 4.26. The molecule has 0 amide bonds. The average molecular weight is 317 g/mol. The van der Waals surface area contributed by atoms with Crippen molar-refractivity contribution in [2.75, 3.05) is 12.8 Å². The van der Waals surface area contributed by atoms with Crippen LogP contribution in [0.5, 0.6) is 0 Å². The summed E-state index contributed by atoms with van der Waals surface area (Å²) in [6.07, 6.45) is 0. The number of anilines is 1. The molecule has 0 saturated heterocycles. The lowest BCUT2D eigenvalue weighted by Crippen LogP contribution is -2.25. The minimum absolute atomic E-state index is 0.245. The number of sulfonamides is 1. The first-order valence-electron chi connectivity index (χ1n) is 5.44. The summed E-state index contributed by atoms with van der Waals surface area (Å²) in [4.78, 5) is 0. The summed E-state index contributed by atoms with van der Waals surface area (Å²) in [7, 11) is -1.97. The Balaban J connectivity index is 2.22. The van der Waals surface area contributed by atoms with E-state index in [1.54, 1.807) is 23.6 Å². The predicted octanol–water partition coefficient (Wildman–Crippen LogP) is 2.80. The number of hydrogen-bond donors (Lipinski definition) is 1. The molecule has 2 N–H and O–H groups in total. The van der Waals surface area contributed by atoms with Crippen LogP contribution in [-0.2, 0) is 16.6 Å². The van der Waals surface area contributed by atoms with E-state index in [-0.39, 0.29) is 10.8 Å². The Morgan fingerprint density at radius 2 is 2.11 bits per heavy atom. The number of benzene rings is 1. The highest BCUT2D eigenvalue weighted by Gasteiger charge is 2.22. The van der Waals surface area contributed by atoms with Gasteiger partial charge in [0.2, 0.25) is 0 Å². The summed E-state index contributed by atoms with van der Waals surface area (Å²) >= 11 is 7.00. The molecule has 0 radical (unpaired) electrons. The molecule has 19 heavy (non-hydrogen) atoms. The number of nitrogen functional groups attached to an aromatic ring is 1. The van der Waals surface area contributed by atoms with E-state index in [9.17, 15) is 8.42 Å². The van der Waals surface area contributed by atoms with Crippen LogP contribution < -0.4 is 5.73 Å². The smallest absolute Gasteiger partial charge is 0.252 e. The number of halogens is 1. The zero-order valence-electron chi connectivity index (χ0n) is 10.2. The van der Waals surface area contributed by atoms with Gasteiger partial charge in [-0.3, -0.25) is 0 Å². The molecule has 2 rings (SSSR count). The van der Waals surface area contributed by atoms with Crippen LogP contribution in [0, 0.1) is 0 Å². The summed E-state index contributed by atoms with van der Waals surface area (Å²) in [5.41, 5.74) is 6.85. The van der Waals surface area contributed by atoms with Crippen molar-refractivity contribution in [1.29, 1.82) is 0 Å². The predicted molar refractivity (Wildman–Crippen MR) is 78.8 cm³/mol. The van der Waals surface area contributed by atoms with Gasteiger partial charge in [0.25, 0.3) is 10.0 Å². The summed E-state index contributed by atoms with van der Waals surface area (Å²) in [5, 5.41) is 2.20. The molecule has 0 aliphatic rings. The maximum atomic E-state index is 12.3. The van der Waals surface area contributed by atoms with E-state index < -0.39 is 10.0 Å². The second-order valence-electron chi connectivity index (χ2n) is 4.09. The Hall–Kier alpha value is -1.08. The quantitative estimate of drug-likeness (QED) is 0.943. The van der Waals surface area contributed by atoms with Gasteiger partial charge in [0.05, 0.1) is 0 Å². The Morgan fingerprint density at radius 1 is 1.37 bits per heavy atom. The van der Waals surface area contributed by atoms with Gasteiger partial charge in [-0.15, -0.1) is 11.3 Å². The highest BCUT2D eigenvalue weighted by atomic mass is 35.5. The highest BCUT2D eigenvalue weighted by Crippen LogP contribution is 2.25. The molecule has 1 aromatic heterocycles. The average Bonchev–Trinajstić information content (AvgIpc) is 2.76. The first-order chi connectivity index (χ1) is 8.89. The number of nitrogens with zero attached hydrogens (tertiary/aromatic N) is 1. The van der Waals surface area contributed by atoms with Gasteiger partial charge in [0, 0.05) is 29.7 Å². The molecule has 0 unspecified atom stereocenters. The molecule has 0 fully saturated rings. The van der Waals surface area contributed by atoms with E-state index >= 15 is 0 Å². The van der Waals surface area contributed by atoms with E-state index in [0.29, 0.717) is 10.7 Å². The second kappa shape index (κ2) is 5.50. The number of nitrogens with two attached hydrogens (primary N) is 1. The van der Waals surface area contributed by atoms with Crippen molar-refractivity contribution in [3.05, 3.63) is 46.3 Å². The summed E-state index contributed by atoms with van der Waals surface area (Å²) < 4.78 is 26.1. The highest BCUT2D eigenvalue weighted by molar-refractivity contribution is 7.91. The molecule has 0 bridgehead atoms. The Morgan fingerprint density at radius 3 is 2.68 bits per heavy atom. The summed E-state index contributed by atoms with van der Waals surface area (Å²) in [6.45, 7) is 0.265. The van der Waals surface area contributed by atoms with Crippen molar-refractivity contribution >= 4 is 38.6 Å². The molecule has 1 heterocycles. The fourth-order valence-electron chi connectivity index (χ4n) is 1.60. The molecule has 7 heteroatoms. The third-order valence-corrected chi connectivity index (χ3v) is 6.03. The molecular weight excluding hydrogens is 304 g/mol. The lowest BCUT2D eigenvalue weighted by molar-refractivity contribution is 0.468. The molecule has 4 nitrogen and oxygen atoms in total. The van der Waals surface area contributed by atoms with Crippen molar-refractivity contribution < 1.29 is 8.42 Å². The maximum absolute atomic E-state index is 12.3. The van der Waals surface area contributed by atoms with E-state index in [4.69, 9.17) is 17.3 Å². The van der Waals surface area contributed by atoms with Crippen molar-refractivity contribution in [1.82, 2.24) is 4.31 Å². The van der Waals surface area contributed by atoms with Gasteiger partial charge in [0.1, 0.15) is 4.21 Å². The number of rotatable bonds is 4. The Bertz CT molecular complexity index is 683. The van der Waals surface area contributed by atoms with Crippen LogP contribution in [0.15, 0.2) is 39.9 Å². The number of thiophene rings is 1. The van der Waals surface area contributed by atoms with Crippen LogP contribution in [-0.4, -0.2) is 19.8 Å². The minimum Gasteiger partial charge on any atom is -0.398 e. The van der Waals surface area contributed by atoms with Crippen LogP contribution in [0.1, 0.15) is 5.56 Å². The lowest BCUT2D eigenvalue weighted by atomic mass is 10.2. The van der Waals surface area contributed by atoms with Crippen LogP contribution in [0.4, 0.5) is 5.69 Å². The van der Waals surface area contributed by atoms with E-state index in [0.717, 1.165) is 16.9 Å². The van der Waals surface area contributed by atoms with Gasteiger partial charge < -0.3 is 5.73 Å². The maximum Gasteiger partial charge on any atom is 0.252 e. The van der Waals surface area contributed by atoms with Gasteiger partial charge in [-0.25, -0.2) is 8.42 Å². The molecule has 0 saturated carbocycles. The summed E-state index contributed by atoms with van der Waals surface area (Å²) in [6, 6.07) is 8.59. The standard InChI is InChI=1S/C12H13ClN2O2S2/c1-15(7-9-3-2-4-10(13)5-9)19(16,17)12-6-11(14)8-18-12/h2-6,8H,7,14H2,1H3. The monoisotopic (exact) mass is 316 g/mol. The zero-order valence-corrected chi connectivity index (χ0v) is 12.6. The Labute approximate surface area is 121 Å². The fraction of sp³-hybridized carbons (Fsp3) is 0.167. The second-order valence-corrected chi connectivity index (χ2v) is 7.71. The zero-order chi connectivity index (χ0) is 14.0. The molecule has 2 aromatic rings. The van der Waals surface area contributed by atoms with Crippen LogP contribution in [0.3, 0.4) is 0 Å². The molecule has 0 aliphatic carbocycles. The third kappa shape index (κ3) is 3.27. The summed E-state index contributed by atoms with van der Waals surface area (Å²) in [5.74, 6) is 0. The van der Waals surface area contributed by atoms with Crippen molar-refractivity contribution in [3.8, 4) is 0 Å². The third-order valence-electron chi connectivity index (χ3n) is 2.55. The topological polar surface area (TPSA) is 63.4 Å². The van der Waals surface area contributed by atoms with Crippen molar-refractivity contribution in [2.24, 2.45) is 0 Å². The largest absolute Gasteiger partial charge is 0.398 e. The van der Waals surface area contributed by atoms with Gasteiger partial charge in [-0.1, -0.05) is 23.7 Å². The minimum atomic E-state index is -3.50. The molecule has 0 spiro atoms. The van der Waals surface area contributed by atoms with E-state index in [1.165, 1.54) is 17.4 Å². The molecule has 102 valence electrons. The molecule has 0 aliphatic heterocycles. The van der Waals surface area contributed by atoms with Crippen LogP contribution in [0.2, 0.25) is 5.02 Å². The van der Waals surface area contributed by atoms with Gasteiger partial charge >= 0.3 is 0 Å². The van der Waals surface area contributed by atoms with Crippen molar-refractivity contribution in [2.45, 2.75) is 10.8 Å². The van der Waals surface area contributed by atoms with Crippen LogP contribution in [0.25, 0.3) is 0 Å². The lowest BCUT2D eigenvalue weighted by Gasteiger charge is -2.16. The molecule has 0 atom stereocenters. The molecular formula is C12H13ClN2O2S2. The van der Waals surface area contributed by atoms with Crippen molar-refractivity contribution in [3.63, 3.8) is 0 Å². The van der Waals surface area contributed by atoms with E-state index in [2.05, 4.69) is 0 Å². The van der Waals surface area contributed by atoms with Gasteiger partial charge in [0.15, 0.2) is 0 Å². The van der Waals surface area contributed by atoms with Gasteiger partial charge in [-0.05, 0) is 23.8 Å². The SMILES string of the molecule is CN(Cc1cccc(Cl)c1)S(=O)(=O)c1cc(N)cs1. The van der Waals surface area contributed by atoms with Crippen LogP contribution >= 0.6 is 22.9 Å². The number of hydrogen-bond acceptors (Lipinski definition) is 4.